The van der Waals surface area contributed by atoms with Crippen LogP contribution in [0.4, 0.5) is 11.4 Å². The third-order valence-electron chi connectivity index (χ3n) is 5.45. The Hall–Kier alpha value is -3.76. The van der Waals surface area contributed by atoms with Crippen molar-refractivity contribution in [2.45, 2.75) is 19.6 Å². The molecule has 0 fully saturated rings. The highest BCUT2D eigenvalue weighted by molar-refractivity contribution is 7.86. The number of hydrogen-bond donors (Lipinski definition) is 6. The van der Waals surface area contributed by atoms with Crippen LogP contribution in [0.3, 0.4) is 0 Å². The van der Waals surface area contributed by atoms with E-state index in [-0.39, 0.29) is 21.5 Å². The number of benzene rings is 4. The summed E-state index contributed by atoms with van der Waals surface area (Å²) in [5.41, 5.74) is -1.49. The maximum Gasteiger partial charge on any atom is 0.298 e. The van der Waals surface area contributed by atoms with Crippen molar-refractivity contribution in [3.8, 4) is 11.5 Å². The highest BCUT2D eigenvalue weighted by atomic mass is 32.2. The number of fused-ring (bicyclic) bond motifs is 2. The second-order valence-electron chi connectivity index (χ2n) is 8.01. The first-order chi connectivity index (χ1) is 18.2. The summed E-state index contributed by atoms with van der Waals surface area (Å²) in [6.45, 7) is 0. The van der Waals surface area contributed by atoms with Gasteiger partial charge in [0.1, 0.15) is 21.2 Å². The molecule has 40 heavy (non-hydrogen) atoms. The van der Waals surface area contributed by atoms with Crippen molar-refractivity contribution < 1.29 is 62.1 Å². The molecule has 0 aliphatic rings. The van der Waals surface area contributed by atoms with E-state index >= 15 is 0 Å². The smallest absolute Gasteiger partial charge is 0.298 e. The lowest BCUT2D eigenvalue weighted by atomic mass is 10.1. The summed E-state index contributed by atoms with van der Waals surface area (Å²) in [7, 11) is -19.9. The number of phenolic OH excluding ortho intramolecular Hbond substituents is 2. The van der Waals surface area contributed by atoms with Gasteiger partial charge in [-0.2, -0.15) is 33.7 Å². The van der Waals surface area contributed by atoms with Crippen LogP contribution in [0.25, 0.3) is 21.5 Å². The van der Waals surface area contributed by atoms with E-state index < -0.39 is 82.9 Å². The van der Waals surface area contributed by atoms with Crippen molar-refractivity contribution in [2.24, 2.45) is 10.2 Å². The first-order valence-electron chi connectivity index (χ1n) is 10.1. The second kappa shape index (κ2) is 9.42. The van der Waals surface area contributed by atoms with Gasteiger partial charge in [0.05, 0.1) is 9.79 Å². The molecule has 0 heterocycles. The van der Waals surface area contributed by atoms with E-state index in [0.717, 1.165) is 36.4 Å². The number of phenols is 2. The maximum atomic E-state index is 11.9. The van der Waals surface area contributed by atoms with Gasteiger partial charge >= 0.3 is 0 Å². The van der Waals surface area contributed by atoms with Crippen molar-refractivity contribution in [1.82, 2.24) is 0 Å². The van der Waals surface area contributed by atoms with Crippen molar-refractivity contribution in [3.63, 3.8) is 0 Å². The Morgan fingerprint density at radius 3 is 1.07 bits per heavy atom. The van der Waals surface area contributed by atoms with E-state index in [0.29, 0.717) is 12.1 Å². The summed E-state index contributed by atoms with van der Waals surface area (Å²) >= 11 is 0. The number of nitrogens with zero attached hydrogens (tertiary/aromatic N) is 2. The monoisotopic (exact) mass is 634 g/mol. The molecule has 4 aromatic carbocycles. The fraction of sp³-hybridized carbons (Fsp3) is 0. The number of hydrogen-bond acceptors (Lipinski definition) is 12. The molecule has 16 nitrogen and oxygen atoms in total. The first kappa shape index (κ1) is 29.2. The average Bonchev–Trinajstić information content (AvgIpc) is 2.80. The minimum Gasteiger partial charge on any atom is -0.504 e. The molecule has 0 aliphatic heterocycles. The molecule has 0 atom stereocenters. The molecular weight excluding hydrogens is 620 g/mol. The van der Waals surface area contributed by atoms with Crippen LogP contribution in [0, 0.1) is 0 Å². The topological polar surface area (TPSA) is 283 Å². The van der Waals surface area contributed by atoms with Crippen LogP contribution in [0.1, 0.15) is 0 Å². The van der Waals surface area contributed by atoms with Gasteiger partial charge in [-0.1, -0.05) is 12.1 Å². The molecule has 0 radical (unpaired) electrons. The molecule has 6 N–H and O–H groups in total. The Labute approximate surface area is 224 Å². The highest BCUT2D eigenvalue weighted by Crippen LogP contribution is 2.45. The van der Waals surface area contributed by atoms with Crippen LogP contribution < -0.4 is 0 Å². The Bertz CT molecular complexity index is 2070. The van der Waals surface area contributed by atoms with E-state index in [1.807, 2.05) is 0 Å². The van der Waals surface area contributed by atoms with E-state index in [4.69, 9.17) is 0 Å². The van der Waals surface area contributed by atoms with Crippen molar-refractivity contribution in [3.05, 3.63) is 48.5 Å². The summed E-state index contributed by atoms with van der Waals surface area (Å²) in [6.07, 6.45) is 0. The van der Waals surface area contributed by atoms with Crippen molar-refractivity contribution in [1.29, 1.82) is 0 Å². The Morgan fingerprint density at radius 1 is 0.475 bits per heavy atom. The molecule has 20 heteroatoms. The lowest BCUT2D eigenvalue weighted by molar-refractivity contribution is 0.441. The van der Waals surface area contributed by atoms with Crippen LogP contribution in [-0.2, 0) is 40.5 Å². The van der Waals surface area contributed by atoms with Gasteiger partial charge in [-0.05, 0) is 47.2 Å². The van der Waals surface area contributed by atoms with Gasteiger partial charge in [-0.15, -0.1) is 10.2 Å². The molecule has 0 aromatic heterocycles. The number of rotatable bonds is 6. The predicted molar refractivity (Wildman–Crippen MR) is 135 cm³/mol. The lowest BCUT2D eigenvalue weighted by Gasteiger charge is -2.11. The lowest BCUT2D eigenvalue weighted by Crippen LogP contribution is -2.01. The molecule has 0 saturated carbocycles. The standard InChI is InChI=1S/C20H14N2O14S4/c23-19-15(39(31,32)33)7-9-5-11(37(25,26)27)1-3-13(9)17(19)21-22-18-14-4-2-12(38(28,29)30)6-10(14)8-16(20(18)24)40(34,35)36/h1-8,23-24H,(H,25,26,27)(H,28,29,30)(H,31,32,33)(H,34,35,36). The largest absolute Gasteiger partial charge is 0.504 e. The van der Waals surface area contributed by atoms with Gasteiger partial charge in [0, 0.05) is 10.8 Å². The van der Waals surface area contributed by atoms with Crippen LogP contribution >= 0.6 is 0 Å². The Balaban J connectivity index is 2.10. The van der Waals surface area contributed by atoms with E-state index in [2.05, 4.69) is 10.2 Å². The summed E-state index contributed by atoms with van der Waals surface area (Å²) in [4.78, 5) is -3.73. The Kier molecular flexibility index (Phi) is 6.88. The van der Waals surface area contributed by atoms with Gasteiger partial charge in [0.15, 0.2) is 11.5 Å². The van der Waals surface area contributed by atoms with Crippen molar-refractivity contribution in [2.75, 3.05) is 0 Å². The van der Waals surface area contributed by atoms with Gasteiger partial charge in [0.25, 0.3) is 40.5 Å². The minimum atomic E-state index is -5.17. The summed E-state index contributed by atoms with van der Waals surface area (Å²) in [6, 6.07) is 6.54. The first-order valence-corrected chi connectivity index (χ1v) is 15.9. The number of azo groups is 1. The van der Waals surface area contributed by atoms with Crippen molar-refractivity contribution >= 4 is 73.4 Å². The average molecular weight is 635 g/mol. The summed E-state index contributed by atoms with van der Waals surface area (Å²) in [5, 5.41) is 27.5. The molecule has 0 saturated heterocycles. The SMILES string of the molecule is O=S(=O)(O)c1ccc2c(N=Nc3c(O)c(S(=O)(=O)O)cc4cc(S(=O)(=O)O)ccc34)c(O)c(S(=O)(=O)O)cc2c1. The molecule has 0 bridgehead atoms. The zero-order valence-electron chi connectivity index (χ0n) is 19.1. The molecule has 0 amide bonds. The highest BCUT2D eigenvalue weighted by Gasteiger charge is 2.25. The van der Waals surface area contributed by atoms with E-state index in [1.54, 1.807) is 0 Å². The van der Waals surface area contributed by atoms with Gasteiger partial charge in [0.2, 0.25) is 0 Å². The maximum absolute atomic E-state index is 11.9. The van der Waals surface area contributed by atoms with E-state index in [9.17, 15) is 62.1 Å². The molecule has 0 aliphatic carbocycles. The Morgan fingerprint density at radius 2 is 0.800 bits per heavy atom. The quantitative estimate of drug-likeness (QED) is 0.131. The predicted octanol–water partition coefficient (Wildman–Crippen LogP) is 2.81. The van der Waals surface area contributed by atoms with Gasteiger partial charge < -0.3 is 10.2 Å². The molecule has 4 rings (SSSR count). The molecular formula is C20H14N2O14S4. The van der Waals surface area contributed by atoms with Gasteiger partial charge in [-0.25, -0.2) is 0 Å². The summed E-state index contributed by atoms with van der Waals surface area (Å²) in [5.74, 6) is -2.41. The molecule has 212 valence electrons. The fourth-order valence-electron chi connectivity index (χ4n) is 3.68. The van der Waals surface area contributed by atoms with Crippen LogP contribution in [0.5, 0.6) is 11.5 Å². The summed E-state index contributed by atoms with van der Waals surface area (Å²) < 4.78 is 131. The fourth-order valence-corrected chi connectivity index (χ4v) is 5.94. The van der Waals surface area contributed by atoms with Gasteiger partial charge in [-0.3, -0.25) is 18.2 Å². The molecule has 0 unspecified atom stereocenters. The number of aromatic hydroxyl groups is 2. The second-order valence-corrected chi connectivity index (χ2v) is 13.6. The van der Waals surface area contributed by atoms with Crippen LogP contribution in [0.15, 0.2) is 78.3 Å². The molecule has 4 aromatic rings. The van der Waals surface area contributed by atoms with Crippen LogP contribution in [-0.4, -0.2) is 62.1 Å². The third kappa shape index (κ3) is 5.46. The zero-order valence-corrected chi connectivity index (χ0v) is 22.4. The third-order valence-corrected chi connectivity index (χ3v) is 8.88. The normalized spacial score (nSPS) is 13.4. The minimum absolute atomic E-state index is 0.204. The van der Waals surface area contributed by atoms with E-state index in [1.165, 1.54) is 0 Å². The van der Waals surface area contributed by atoms with Crippen LogP contribution in [0.2, 0.25) is 0 Å². The molecule has 0 spiro atoms. The zero-order chi connectivity index (χ0) is 30.0.